The number of carbonyl (C=O) groups is 2. The van der Waals surface area contributed by atoms with Gasteiger partial charge in [0.1, 0.15) is 11.4 Å². The molecule has 3 saturated heterocycles. The van der Waals surface area contributed by atoms with Gasteiger partial charge in [0, 0.05) is 25.0 Å². The number of nitrogens with one attached hydrogen (secondary N) is 2. The fourth-order valence-corrected chi connectivity index (χ4v) is 6.18. The smallest absolute Gasteiger partial charge is 0.246 e. The van der Waals surface area contributed by atoms with Crippen molar-refractivity contribution in [3.63, 3.8) is 0 Å². The first-order chi connectivity index (χ1) is 14.7. The Morgan fingerprint density at radius 1 is 1.23 bits per heavy atom. The first-order valence-corrected chi connectivity index (χ1v) is 11.8. The lowest BCUT2D eigenvalue weighted by Crippen LogP contribution is -2.76. The molecule has 1 aromatic carbocycles. The van der Waals surface area contributed by atoms with Crippen LogP contribution in [0.15, 0.2) is 24.3 Å². The van der Waals surface area contributed by atoms with Gasteiger partial charge in [-0.1, -0.05) is 39.8 Å². The summed E-state index contributed by atoms with van der Waals surface area (Å²) in [6.45, 7) is 11.1. The van der Waals surface area contributed by atoms with Crippen LogP contribution in [0.1, 0.15) is 52.5 Å². The standard InChI is InChI=1S/C25H36FN3O2/c1-15(2)9-10-29-14-18-12-25(24(31)27-13-17-5-7-19(26)8-6-17)20(11-16(3)4)22(29)21(18)23(30)28-25/h5-8,15-16,18,20-22H,9-14H2,1-4H3,(H,27,31)(H,28,30)/t18-,20-,21-,22-,25+/m1/s1. The van der Waals surface area contributed by atoms with E-state index in [2.05, 4.69) is 43.2 Å². The van der Waals surface area contributed by atoms with Crippen molar-refractivity contribution in [2.75, 3.05) is 13.1 Å². The molecule has 5 rings (SSSR count). The highest BCUT2D eigenvalue weighted by Gasteiger charge is 2.67. The molecule has 1 aliphatic carbocycles. The molecule has 5 atom stereocenters. The van der Waals surface area contributed by atoms with Crippen LogP contribution in [0.5, 0.6) is 0 Å². The molecule has 5 nitrogen and oxygen atoms in total. The molecule has 2 N–H and O–H groups in total. The van der Waals surface area contributed by atoms with E-state index in [-0.39, 0.29) is 41.4 Å². The Hall–Kier alpha value is -1.95. The van der Waals surface area contributed by atoms with E-state index in [1.54, 1.807) is 12.1 Å². The number of benzene rings is 1. The van der Waals surface area contributed by atoms with Gasteiger partial charge < -0.3 is 10.6 Å². The third-order valence-corrected chi connectivity index (χ3v) is 7.54. The van der Waals surface area contributed by atoms with Crippen LogP contribution in [0, 0.1) is 35.4 Å². The highest BCUT2D eigenvalue weighted by atomic mass is 19.1. The molecule has 1 aromatic rings. The Balaban J connectivity index is 1.59. The van der Waals surface area contributed by atoms with E-state index >= 15 is 0 Å². The SMILES string of the molecule is CC(C)CCN1C[C@H]2C[C@]3(C(=O)NCc4ccc(F)cc4)NC(=O)[C@H]2[C@H]1[C@H]3CC(C)C. The van der Waals surface area contributed by atoms with Gasteiger partial charge >= 0.3 is 0 Å². The number of likely N-dealkylation sites (tertiary alicyclic amines) is 1. The second-order valence-electron chi connectivity index (χ2n) is 10.7. The molecule has 6 heteroatoms. The average molecular weight is 430 g/mol. The van der Waals surface area contributed by atoms with Crippen molar-refractivity contribution in [3.05, 3.63) is 35.6 Å². The van der Waals surface area contributed by atoms with Gasteiger partial charge in [-0.2, -0.15) is 0 Å². The van der Waals surface area contributed by atoms with Crippen LogP contribution in [-0.4, -0.2) is 41.4 Å². The normalized spacial score (nSPS) is 32.0. The average Bonchev–Trinajstić information content (AvgIpc) is 3.02. The minimum absolute atomic E-state index is 0.00249. The Labute approximate surface area is 185 Å². The molecule has 170 valence electrons. The zero-order valence-corrected chi connectivity index (χ0v) is 19.2. The molecular weight excluding hydrogens is 393 g/mol. The minimum atomic E-state index is -0.849. The number of carbonyl (C=O) groups excluding carboxylic acids is 2. The van der Waals surface area contributed by atoms with Gasteiger partial charge in [0.25, 0.3) is 0 Å². The lowest BCUT2D eigenvalue weighted by Gasteiger charge is -2.55. The van der Waals surface area contributed by atoms with Crippen LogP contribution in [0.25, 0.3) is 0 Å². The first-order valence-electron chi connectivity index (χ1n) is 11.8. The van der Waals surface area contributed by atoms with Crippen molar-refractivity contribution in [2.24, 2.45) is 29.6 Å². The maximum Gasteiger partial charge on any atom is 0.246 e. The molecule has 0 unspecified atom stereocenters. The van der Waals surface area contributed by atoms with Crippen molar-refractivity contribution in [1.29, 1.82) is 0 Å². The van der Waals surface area contributed by atoms with E-state index < -0.39 is 5.54 Å². The van der Waals surface area contributed by atoms with Gasteiger partial charge in [-0.05, 0) is 61.3 Å². The predicted octanol–water partition coefficient (Wildman–Crippen LogP) is 3.34. The lowest BCUT2D eigenvalue weighted by molar-refractivity contribution is -0.155. The molecule has 0 radical (unpaired) electrons. The molecule has 0 aromatic heterocycles. The molecule has 4 bridgehead atoms. The molecule has 1 saturated carbocycles. The van der Waals surface area contributed by atoms with Gasteiger partial charge in [-0.25, -0.2) is 4.39 Å². The third-order valence-electron chi connectivity index (χ3n) is 7.54. The van der Waals surface area contributed by atoms with E-state index in [1.807, 2.05) is 0 Å². The second-order valence-corrected chi connectivity index (χ2v) is 10.7. The summed E-state index contributed by atoms with van der Waals surface area (Å²) >= 11 is 0. The van der Waals surface area contributed by atoms with Gasteiger partial charge in [0.05, 0.1) is 5.92 Å². The van der Waals surface area contributed by atoms with E-state index in [1.165, 1.54) is 12.1 Å². The topological polar surface area (TPSA) is 61.4 Å². The summed E-state index contributed by atoms with van der Waals surface area (Å²) in [5, 5.41) is 6.25. The number of nitrogens with zero attached hydrogens (tertiary/aromatic N) is 1. The Morgan fingerprint density at radius 2 is 1.94 bits per heavy atom. The van der Waals surface area contributed by atoms with Crippen LogP contribution in [0.2, 0.25) is 0 Å². The summed E-state index contributed by atoms with van der Waals surface area (Å²) in [6.07, 6.45) is 2.73. The highest BCUT2D eigenvalue weighted by Crippen LogP contribution is 2.54. The van der Waals surface area contributed by atoms with Crippen molar-refractivity contribution in [3.8, 4) is 0 Å². The van der Waals surface area contributed by atoms with E-state index in [0.29, 0.717) is 24.8 Å². The number of fused-ring (bicyclic) bond motifs is 1. The molecule has 3 heterocycles. The Morgan fingerprint density at radius 3 is 2.58 bits per heavy atom. The van der Waals surface area contributed by atoms with Gasteiger partial charge in [-0.3, -0.25) is 14.5 Å². The van der Waals surface area contributed by atoms with Gasteiger partial charge in [-0.15, -0.1) is 0 Å². The molecule has 3 aliphatic heterocycles. The predicted molar refractivity (Wildman–Crippen MR) is 118 cm³/mol. The number of rotatable bonds is 8. The third kappa shape index (κ3) is 4.11. The number of hydrogen-bond acceptors (Lipinski definition) is 3. The summed E-state index contributed by atoms with van der Waals surface area (Å²) in [5.74, 6) is 1.07. The van der Waals surface area contributed by atoms with E-state index in [0.717, 1.165) is 31.5 Å². The Bertz CT molecular complexity index is 825. The van der Waals surface area contributed by atoms with Crippen LogP contribution in [0.4, 0.5) is 4.39 Å². The quantitative estimate of drug-likeness (QED) is 0.666. The van der Waals surface area contributed by atoms with Crippen LogP contribution < -0.4 is 10.6 Å². The van der Waals surface area contributed by atoms with E-state index in [9.17, 15) is 14.0 Å². The fraction of sp³-hybridized carbons (Fsp3) is 0.680. The summed E-state index contributed by atoms with van der Waals surface area (Å²) < 4.78 is 13.2. The van der Waals surface area contributed by atoms with Crippen LogP contribution in [0.3, 0.4) is 0 Å². The maximum absolute atomic E-state index is 13.6. The molecular formula is C25H36FN3O2. The zero-order chi connectivity index (χ0) is 22.3. The van der Waals surface area contributed by atoms with Crippen molar-refractivity contribution < 1.29 is 14.0 Å². The monoisotopic (exact) mass is 429 g/mol. The lowest BCUT2D eigenvalue weighted by atomic mass is 9.57. The zero-order valence-electron chi connectivity index (χ0n) is 19.2. The maximum atomic E-state index is 13.6. The fourth-order valence-electron chi connectivity index (χ4n) is 6.18. The Kier molecular flexibility index (Phi) is 6.12. The number of piperidine rings is 2. The molecule has 0 spiro atoms. The van der Waals surface area contributed by atoms with Crippen LogP contribution in [-0.2, 0) is 16.1 Å². The molecule has 4 fully saturated rings. The molecule has 4 aliphatic rings. The number of halogens is 1. The van der Waals surface area contributed by atoms with Crippen molar-refractivity contribution in [1.82, 2.24) is 15.5 Å². The molecule has 2 amide bonds. The highest BCUT2D eigenvalue weighted by molar-refractivity contribution is 5.96. The van der Waals surface area contributed by atoms with Crippen LogP contribution >= 0.6 is 0 Å². The van der Waals surface area contributed by atoms with Crippen molar-refractivity contribution in [2.45, 2.75) is 65.1 Å². The largest absolute Gasteiger partial charge is 0.350 e. The number of amides is 2. The van der Waals surface area contributed by atoms with Crippen molar-refractivity contribution >= 4 is 11.8 Å². The molecule has 31 heavy (non-hydrogen) atoms. The summed E-state index contributed by atoms with van der Waals surface area (Å²) in [4.78, 5) is 29.2. The van der Waals surface area contributed by atoms with E-state index in [4.69, 9.17) is 0 Å². The first kappa shape index (κ1) is 22.3. The minimum Gasteiger partial charge on any atom is -0.350 e. The summed E-state index contributed by atoms with van der Waals surface area (Å²) in [6, 6.07) is 6.33. The van der Waals surface area contributed by atoms with Gasteiger partial charge in [0.15, 0.2) is 0 Å². The number of hydrogen-bond donors (Lipinski definition) is 2. The van der Waals surface area contributed by atoms with Gasteiger partial charge in [0.2, 0.25) is 11.8 Å². The summed E-state index contributed by atoms with van der Waals surface area (Å²) in [5.41, 5.74) is 0.00169. The second kappa shape index (κ2) is 8.53. The summed E-state index contributed by atoms with van der Waals surface area (Å²) in [7, 11) is 0.